The molecule has 0 aliphatic carbocycles. The SMILES string of the molecule is COc1cc(OC)cc(-c2ccc3nc(Nc4nc(C)ccc4[N+](=O)[O-])ncc3c2)c1. The number of methoxy groups -OCH3 is 2. The van der Waals surface area contributed by atoms with E-state index in [1.54, 1.807) is 33.4 Å². The van der Waals surface area contributed by atoms with Crippen LogP contribution < -0.4 is 14.8 Å². The third-order valence-electron chi connectivity index (χ3n) is 4.70. The van der Waals surface area contributed by atoms with Crippen LogP contribution in [0, 0.1) is 17.0 Å². The number of hydrogen-bond donors (Lipinski definition) is 1. The van der Waals surface area contributed by atoms with Crippen molar-refractivity contribution in [1.29, 1.82) is 0 Å². The summed E-state index contributed by atoms with van der Waals surface area (Å²) < 4.78 is 10.7. The molecule has 0 fully saturated rings. The minimum absolute atomic E-state index is 0.101. The van der Waals surface area contributed by atoms with E-state index in [1.807, 2.05) is 36.4 Å². The summed E-state index contributed by atoms with van der Waals surface area (Å²) in [6, 6.07) is 14.4. The van der Waals surface area contributed by atoms with Gasteiger partial charge in [0.25, 0.3) is 0 Å². The number of aromatic nitrogens is 3. The Balaban J connectivity index is 1.69. The number of rotatable bonds is 6. The van der Waals surface area contributed by atoms with Gasteiger partial charge in [-0.15, -0.1) is 0 Å². The summed E-state index contributed by atoms with van der Waals surface area (Å²) in [6.45, 7) is 1.76. The zero-order chi connectivity index (χ0) is 22.0. The van der Waals surface area contributed by atoms with E-state index < -0.39 is 4.92 Å². The molecule has 4 rings (SSSR count). The Labute approximate surface area is 177 Å². The van der Waals surface area contributed by atoms with E-state index in [-0.39, 0.29) is 17.5 Å². The minimum atomic E-state index is -0.496. The standard InChI is InChI=1S/C22H19N5O4/c1-13-4-7-20(27(28)29)21(24-13)26-22-23-12-16-8-14(5-6-19(16)25-22)15-9-17(30-2)11-18(10-15)31-3/h4-12H,1-3H3,(H,23,24,25,26). The number of nitro groups is 1. The second kappa shape index (κ2) is 8.23. The molecule has 0 aliphatic heterocycles. The summed E-state index contributed by atoms with van der Waals surface area (Å²) in [5, 5.41) is 14.9. The maximum Gasteiger partial charge on any atom is 0.311 e. The lowest BCUT2D eigenvalue weighted by molar-refractivity contribution is -0.384. The Bertz CT molecular complexity index is 1270. The van der Waals surface area contributed by atoms with Crippen LogP contribution in [0.25, 0.3) is 22.0 Å². The van der Waals surface area contributed by atoms with Crippen molar-refractivity contribution in [2.24, 2.45) is 0 Å². The average molecular weight is 417 g/mol. The van der Waals surface area contributed by atoms with Gasteiger partial charge in [-0.25, -0.2) is 15.0 Å². The second-order valence-electron chi connectivity index (χ2n) is 6.77. The van der Waals surface area contributed by atoms with Crippen molar-refractivity contribution in [1.82, 2.24) is 15.0 Å². The second-order valence-corrected chi connectivity index (χ2v) is 6.77. The Morgan fingerprint density at radius 1 is 0.935 bits per heavy atom. The number of aryl methyl sites for hydroxylation is 1. The monoisotopic (exact) mass is 417 g/mol. The smallest absolute Gasteiger partial charge is 0.311 e. The summed E-state index contributed by atoms with van der Waals surface area (Å²) in [6.07, 6.45) is 1.66. The molecular weight excluding hydrogens is 398 g/mol. The molecular formula is C22H19N5O4. The molecule has 156 valence electrons. The van der Waals surface area contributed by atoms with Gasteiger partial charge in [-0.2, -0.15) is 0 Å². The van der Waals surface area contributed by atoms with E-state index in [0.29, 0.717) is 22.7 Å². The number of benzene rings is 2. The van der Waals surface area contributed by atoms with Crippen LogP contribution in [0.1, 0.15) is 5.69 Å². The summed E-state index contributed by atoms with van der Waals surface area (Å²) in [5.41, 5.74) is 3.07. The fraction of sp³-hybridized carbons (Fsp3) is 0.136. The highest BCUT2D eigenvalue weighted by molar-refractivity contribution is 5.85. The van der Waals surface area contributed by atoms with Gasteiger partial charge >= 0.3 is 5.69 Å². The molecule has 0 spiro atoms. The van der Waals surface area contributed by atoms with E-state index in [2.05, 4.69) is 20.3 Å². The number of nitrogens with zero attached hydrogens (tertiary/aromatic N) is 4. The van der Waals surface area contributed by atoms with Crippen LogP contribution in [0.2, 0.25) is 0 Å². The summed E-state index contributed by atoms with van der Waals surface area (Å²) in [7, 11) is 3.21. The first-order chi connectivity index (χ1) is 15.0. The predicted molar refractivity (Wildman–Crippen MR) is 117 cm³/mol. The highest BCUT2D eigenvalue weighted by atomic mass is 16.6. The van der Waals surface area contributed by atoms with Crippen molar-refractivity contribution >= 4 is 28.4 Å². The van der Waals surface area contributed by atoms with Crippen molar-refractivity contribution in [3.63, 3.8) is 0 Å². The summed E-state index contributed by atoms with van der Waals surface area (Å²) in [4.78, 5) is 23.7. The van der Waals surface area contributed by atoms with Gasteiger partial charge in [-0.3, -0.25) is 10.1 Å². The third kappa shape index (κ3) is 4.20. The van der Waals surface area contributed by atoms with E-state index in [1.165, 1.54) is 6.07 Å². The lowest BCUT2D eigenvalue weighted by atomic mass is 10.0. The van der Waals surface area contributed by atoms with Crippen molar-refractivity contribution in [3.8, 4) is 22.6 Å². The summed E-state index contributed by atoms with van der Waals surface area (Å²) >= 11 is 0. The highest BCUT2D eigenvalue weighted by Crippen LogP contribution is 2.31. The normalized spacial score (nSPS) is 10.7. The molecule has 0 atom stereocenters. The molecule has 9 heteroatoms. The highest BCUT2D eigenvalue weighted by Gasteiger charge is 2.16. The van der Waals surface area contributed by atoms with Crippen molar-refractivity contribution < 1.29 is 14.4 Å². The fourth-order valence-electron chi connectivity index (χ4n) is 3.14. The molecule has 0 aliphatic rings. The number of anilines is 2. The molecule has 2 heterocycles. The first-order valence-electron chi connectivity index (χ1n) is 9.36. The number of ether oxygens (including phenoxy) is 2. The first kappa shape index (κ1) is 20.0. The number of hydrogen-bond acceptors (Lipinski definition) is 8. The molecule has 0 unspecified atom stereocenters. The fourth-order valence-corrected chi connectivity index (χ4v) is 3.14. The van der Waals surface area contributed by atoms with Crippen molar-refractivity contribution in [2.75, 3.05) is 19.5 Å². The molecule has 9 nitrogen and oxygen atoms in total. The topological polar surface area (TPSA) is 112 Å². The summed E-state index contributed by atoms with van der Waals surface area (Å²) in [5.74, 6) is 1.71. The van der Waals surface area contributed by atoms with Crippen LogP contribution in [-0.2, 0) is 0 Å². The van der Waals surface area contributed by atoms with Gasteiger partial charge in [0.1, 0.15) is 11.5 Å². The van der Waals surface area contributed by atoms with Crippen LogP contribution in [0.3, 0.4) is 0 Å². The quantitative estimate of drug-likeness (QED) is 0.356. The van der Waals surface area contributed by atoms with Crippen LogP contribution in [0.4, 0.5) is 17.5 Å². The Morgan fingerprint density at radius 2 is 1.68 bits per heavy atom. The largest absolute Gasteiger partial charge is 0.497 e. The van der Waals surface area contributed by atoms with Crippen LogP contribution in [0.5, 0.6) is 11.5 Å². The average Bonchev–Trinajstić information content (AvgIpc) is 2.78. The first-order valence-corrected chi connectivity index (χ1v) is 9.36. The van der Waals surface area contributed by atoms with Gasteiger partial charge in [-0.1, -0.05) is 6.07 Å². The Morgan fingerprint density at radius 3 is 2.35 bits per heavy atom. The van der Waals surface area contributed by atoms with Gasteiger partial charge in [0.2, 0.25) is 11.8 Å². The molecule has 0 saturated carbocycles. The Hall–Kier alpha value is -4.27. The molecule has 0 radical (unpaired) electrons. The van der Waals surface area contributed by atoms with Gasteiger partial charge in [0.05, 0.1) is 24.7 Å². The van der Waals surface area contributed by atoms with Crippen LogP contribution in [-0.4, -0.2) is 34.1 Å². The number of pyridine rings is 1. The molecule has 0 bridgehead atoms. The minimum Gasteiger partial charge on any atom is -0.497 e. The van der Waals surface area contributed by atoms with E-state index in [4.69, 9.17) is 9.47 Å². The third-order valence-corrected chi connectivity index (χ3v) is 4.70. The van der Waals surface area contributed by atoms with Crippen molar-refractivity contribution in [2.45, 2.75) is 6.92 Å². The maximum atomic E-state index is 11.3. The molecule has 0 saturated heterocycles. The van der Waals surface area contributed by atoms with Crippen LogP contribution in [0.15, 0.2) is 54.7 Å². The van der Waals surface area contributed by atoms with Gasteiger partial charge in [0.15, 0.2) is 0 Å². The van der Waals surface area contributed by atoms with Crippen molar-refractivity contribution in [3.05, 3.63) is 70.5 Å². The van der Waals surface area contributed by atoms with Gasteiger partial charge in [-0.05, 0) is 48.4 Å². The number of nitrogens with one attached hydrogen (secondary N) is 1. The molecule has 4 aromatic rings. The van der Waals surface area contributed by atoms with Crippen LogP contribution >= 0.6 is 0 Å². The molecule has 2 aromatic heterocycles. The molecule has 1 N–H and O–H groups in total. The zero-order valence-electron chi connectivity index (χ0n) is 17.1. The lowest BCUT2D eigenvalue weighted by Crippen LogP contribution is -2.03. The predicted octanol–water partition coefficient (Wildman–Crippen LogP) is 4.67. The van der Waals surface area contributed by atoms with Gasteiger partial charge < -0.3 is 14.8 Å². The van der Waals surface area contributed by atoms with E-state index >= 15 is 0 Å². The molecule has 31 heavy (non-hydrogen) atoms. The van der Waals surface area contributed by atoms with E-state index in [9.17, 15) is 10.1 Å². The lowest BCUT2D eigenvalue weighted by Gasteiger charge is -2.10. The molecule has 2 aromatic carbocycles. The molecule has 0 amide bonds. The van der Waals surface area contributed by atoms with Gasteiger partial charge in [0, 0.05) is 29.4 Å². The van der Waals surface area contributed by atoms with E-state index in [0.717, 1.165) is 16.5 Å². The zero-order valence-corrected chi connectivity index (χ0v) is 17.1. The number of fused-ring (bicyclic) bond motifs is 1. The maximum absolute atomic E-state index is 11.3. The Kier molecular flexibility index (Phi) is 5.31.